The summed E-state index contributed by atoms with van der Waals surface area (Å²) < 4.78 is 37.1. The average Bonchev–Trinajstić information content (AvgIpc) is 3.45. The third-order valence-electron chi connectivity index (χ3n) is 6.38. The highest BCUT2D eigenvalue weighted by Crippen LogP contribution is 2.38. The number of halogens is 1. The molecule has 38 heavy (non-hydrogen) atoms. The van der Waals surface area contributed by atoms with E-state index in [2.05, 4.69) is 10.1 Å². The van der Waals surface area contributed by atoms with Gasteiger partial charge in [-0.25, -0.2) is 12.9 Å². The highest BCUT2D eigenvalue weighted by Gasteiger charge is 2.40. The van der Waals surface area contributed by atoms with Gasteiger partial charge < -0.3 is 9.84 Å². The van der Waals surface area contributed by atoms with Crippen LogP contribution in [0.5, 0.6) is 5.75 Å². The molecule has 196 valence electrons. The molecular formula is C28H28FN4O4S+. The number of hydrazone groups is 1. The number of aliphatic carboxylic acids is 1. The second kappa shape index (κ2) is 10.9. The van der Waals surface area contributed by atoms with Crippen molar-refractivity contribution in [3.05, 3.63) is 83.9 Å². The molecule has 1 aromatic heterocycles. The maximum absolute atomic E-state index is 14.1. The fourth-order valence-electron chi connectivity index (χ4n) is 4.81. The molecule has 0 saturated carbocycles. The van der Waals surface area contributed by atoms with Gasteiger partial charge in [-0.05, 0) is 68.3 Å². The van der Waals surface area contributed by atoms with Crippen molar-refractivity contribution in [1.29, 1.82) is 0 Å². The zero-order valence-electron chi connectivity index (χ0n) is 21.0. The molecule has 3 atom stereocenters. The monoisotopic (exact) mass is 535 g/mol. The van der Waals surface area contributed by atoms with Crippen molar-refractivity contribution < 1.29 is 27.9 Å². The van der Waals surface area contributed by atoms with E-state index in [1.165, 1.54) is 12.1 Å². The van der Waals surface area contributed by atoms with E-state index in [9.17, 15) is 18.5 Å². The zero-order chi connectivity index (χ0) is 26.8. The summed E-state index contributed by atoms with van der Waals surface area (Å²) in [6.07, 6.45) is 5.76. The summed E-state index contributed by atoms with van der Waals surface area (Å²) in [5, 5.41) is 13.8. The molecule has 5 rings (SSSR count). The van der Waals surface area contributed by atoms with Gasteiger partial charge in [-0.3, -0.25) is 9.78 Å². The molecule has 8 nitrogen and oxygen atoms in total. The van der Waals surface area contributed by atoms with Crippen LogP contribution in [0.15, 0.2) is 77.0 Å². The summed E-state index contributed by atoms with van der Waals surface area (Å²) in [4.78, 5) is 16.3. The van der Waals surface area contributed by atoms with E-state index in [0.29, 0.717) is 40.6 Å². The normalized spacial score (nSPS) is 20.9. The Morgan fingerprint density at radius 2 is 2.05 bits per heavy atom. The summed E-state index contributed by atoms with van der Waals surface area (Å²) in [5.41, 5.74) is 2.41. The Bertz CT molecular complexity index is 1430. The first-order chi connectivity index (χ1) is 18.3. The van der Waals surface area contributed by atoms with E-state index in [-0.39, 0.29) is 24.5 Å². The number of carbonyl (C=O) groups is 1. The number of fused-ring (bicyclic) bond motifs is 1. The van der Waals surface area contributed by atoms with Crippen LogP contribution in [0.4, 0.5) is 10.1 Å². The fourth-order valence-corrected chi connectivity index (χ4v) is 6.21. The standard InChI is InChI=1S/C28H27FN4O4S/c1-18(2)37-22-6-8-23(9-7-22)38(36)33-17-19(12-26(33)20-4-3-11-30-15-20)16-32-27-13-21(29)5-10-24(27)25(31-32)14-28(34)35/h3-11,13,15-16,18-19,26H,12,14,17H2,1-2H3/p+1/b32-16-. The first-order valence-corrected chi connectivity index (χ1v) is 13.5. The van der Waals surface area contributed by atoms with Gasteiger partial charge >= 0.3 is 5.97 Å². The number of carboxylic acid groups (broad SMARTS) is 1. The molecule has 2 aromatic carbocycles. The van der Waals surface area contributed by atoms with Crippen LogP contribution < -0.4 is 4.74 Å². The molecule has 1 saturated heterocycles. The number of pyridine rings is 1. The molecule has 1 fully saturated rings. The van der Waals surface area contributed by atoms with Crippen LogP contribution in [0.3, 0.4) is 0 Å². The van der Waals surface area contributed by atoms with Gasteiger partial charge in [-0.15, -0.1) is 0 Å². The van der Waals surface area contributed by atoms with Gasteiger partial charge in [0, 0.05) is 30.1 Å². The van der Waals surface area contributed by atoms with Gasteiger partial charge in [-0.2, -0.15) is 0 Å². The Balaban J connectivity index is 1.46. The maximum atomic E-state index is 14.1. The van der Waals surface area contributed by atoms with Gasteiger partial charge in [0.15, 0.2) is 6.21 Å². The molecular weight excluding hydrogens is 507 g/mol. The van der Waals surface area contributed by atoms with Crippen LogP contribution >= 0.6 is 0 Å². The Hall–Kier alpha value is -3.76. The zero-order valence-corrected chi connectivity index (χ0v) is 21.8. The lowest BCUT2D eigenvalue weighted by Gasteiger charge is -2.23. The SMILES string of the molecule is CC(C)Oc1ccc(S(=O)N2CC(/C=[N+]3\N=C(CC(=O)O)c4ccc(F)cc43)CC2c2cccnc2)cc1. The molecule has 10 heteroatoms. The lowest BCUT2D eigenvalue weighted by molar-refractivity contribution is -0.438. The number of carboxylic acids is 1. The number of nitrogens with zero attached hydrogens (tertiary/aromatic N) is 4. The van der Waals surface area contributed by atoms with Gasteiger partial charge in [-0.1, -0.05) is 10.8 Å². The first-order valence-electron chi connectivity index (χ1n) is 12.4. The number of rotatable bonds is 8. The molecule has 0 aliphatic carbocycles. The van der Waals surface area contributed by atoms with Gasteiger partial charge in [0.1, 0.15) is 28.3 Å². The topological polar surface area (TPSA) is 95.1 Å². The van der Waals surface area contributed by atoms with Crippen molar-refractivity contribution in [3.8, 4) is 5.75 Å². The summed E-state index contributed by atoms with van der Waals surface area (Å²) in [5.74, 6) is -0.810. The fraction of sp³-hybridized carbons (Fsp3) is 0.286. The predicted octanol–water partition coefficient (Wildman–Crippen LogP) is 4.70. The van der Waals surface area contributed by atoms with Crippen molar-refractivity contribution in [2.24, 2.45) is 11.0 Å². The molecule has 0 bridgehead atoms. The second-order valence-corrected chi connectivity index (χ2v) is 11.0. The van der Waals surface area contributed by atoms with Crippen LogP contribution in [0.2, 0.25) is 0 Å². The van der Waals surface area contributed by atoms with E-state index in [1.807, 2.05) is 60.8 Å². The van der Waals surface area contributed by atoms with Gasteiger partial charge in [0.05, 0.1) is 34.9 Å². The largest absolute Gasteiger partial charge is 0.491 e. The van der Waals surface area contributed by atoms with Gasteiger partial charge in [0.25, 0.3) is 0 Å². The van der Waals surface area contributed by atoms with Crippen molar-refractivity contribution in [2.75, 3.05) is 6.54 Å². The Morgan fingerprint density at radius 3 is 2.74 bits per heavy atom. The maximum Gasteiger partial charge on any atom is 0.309 e. The molecule has 0 spiro atoms. The summed E-state index contributed by atoms with van der Waals surface area (Å²) in [6.45, 7) is 4.36. The Kier molecular flexibility index (Phi) is 7.44. The second-order valence-electron chi connectivity index (χ2n) is 9.56. The molecule has 3 aromatic rings. The van der Waals surface area contributed by atoms with Crippen LogP contribution in [-0.4, -0.2) is 53.8 Å². The molecule has 2 aliphatic rings. The number of aromatic nitrogens is 1. The number of hydrogen-bond acceptors (Lipinski definition) is 5. The molecule has 3 heterocycles. The van der Waals surface area contributed by atoms with E-state index < -0.39 is 22.8 Å². The number of hydrogen-bond donors (Lipinski definition) is 1. The van der Waals surface area contributed by atoms with Crippen LogP contribution in [0, 0.1) is 11.7 Å². The van der Waals surface area contributed by atoms with Gasteiger partial charge in [0.2, 0.25) is 5.69 Å². The van der Waals surface area contributed by atoms with E-state index in [1.54, 1.807) is 23.1 Å². The minimum absolute atomic E-state index is 0.0408. The summed E-state index contributed by atoms with van der Waals surface area (Å²) >= 11 is 0. The number of benzene rings is 2. The van der Waals surface area contributed by atoms with Crippen molar-refractivity contribution in [2.45, 2.75) is 43.7 Å². The molecule has 1 N–H and O–H groups in total. The predicted molar refractivity (Wildman–Crippen MR) is 142 cm³/mol. The lowest BCUT2D eigenvalue weighted by Crippen LogP contribution is -2.27. The highest BCUT2D eigenvalue weighted by atomic mass is 32.2. The number of ether oxygens (including phenoxy) is 1. The first kappa shape index (κ1) is 25.9. The van der Waals surface area contributed by atoms with Crippen molar-refractivity contribution in [3.63, 3.8) is 0 Å². The van der Waals surface area contributed by atoms with Crippen molar-refractivity contribution >= 4 is 34.6 Å². The van der Waals surface area contributed by atoms with E-state index in [0.717, 1.165) is 5.56 Å². The van der Waals surface area contributed by atoms with Crippen molar-refractivity contribution in [1.82, 2.24) is 9.29 Å². The minimum atomic E-state index is -1.46. The smallest absolute Gasteiger partial charge is 0.309 e. The van der Waals surface area contributed by atoms with E-state index >= 15 is 0 Å². The molecule has 3 unspecified atom stereocenters. The van der Waals surface area contributed by atoms with Crippen LogP contribution in [0.25, 0.3) is 0 Å². The third-order valence-corrected chi connectivity index (χ3v) is 7.89. The Labute approximate surface area is 222 Å². The summed E-state index contributed by atoms with van der Waals surface area (Å²) in [7, 11) is -1.46. The van der Waals surface area contributed by atoms with Crippen LogP contribution in [-0.2, 0) is 15.8 Å². The minimum Gasteiger partial charge on any atom is -0.491 e. The third kappa shape index (κ3) is 5.56. The molecule has 0 radical (unpaired) electrons. The van der Waals surface area contributed by atoms with E-state index in [4.69, 9.17) is 4.74 Å². The molecule has 2 aliphatic heterocycles. The Morgan fingerprint density at radius 1 is 1.26 bits per heavy atom. The quantitative estimate of drug-likeness (QED) is 0.422. The average molecular weight is 536 g/mol. The highest BCUT2D eigenvalue weighted by molar-refractivity contribution is 7.82. The molecule has 0 amide bonds. The summed E-state index contributed by atoms with van der Waals surface area (Å²) in [6, 6.07) is 15.1. The van der Waals surface area contributed by atoms with Crippen LogP contribution in [0.1, 0.15) is 43.9 Å². The lowest BCUT2D eigenvalue weighted by atomic mass is 10.0.